The standard InChI is InChI=1S/C23H29N/c1-17-14-15-19-10-9-13-22(19)24(20-11-7-6-8-12-20)18(2)16-21(17)23(3,4)5/h6-12,14,16,18H,13,15H2,1-5H3/b17-14-,21-16+. The van der Waals surface area contributed by atoms with Crippen molar-refractivity contribution >= 4 is 5.69 Å². The molecular weight excluding hydrogens is 290 g/mol. The summed E-state index contributed by atoms with van der Waals surface area (Å²) in [7, 11) is 0. The second-order valence-corrected chi connectivity index (χ2v) is 7.95. The largest absolute Gasteiger partial charge is 0.338 e. The average molecular weight is 319 g/mol. The lowest BCUT2D eigenvalue weighted by Crippen LogP contribution is -2.32. The van der Waals surface area contributed by atoms with Gasteiger partial charge >= 0.3 is 0 Å². The molecule has 1 aromatic carbocycles. The van der Waals surface area contributed by atoms with E-state index in [1.807, 2.05) is 0 Å². The van der Waals surface area contributed by atoms with Crippen molar-refractivity contribution in [2.45, 2.75) is 53.5 Å². The van der Waals surface area contributed by atoms with E-state index >= 15 is 0 Å². The van der Waals surface area contributed by atoms with Crippen molar-refractivity contribution in [1.82, 2.24) is 0 Å². The topological polar surface area (TPSA) is 3.24 Å². The summed E-state index contributed by atoms with van der Waals surface area (Å²) in [5.74, 6) is 0. The van der Waals surface area contributed by atoms with Gasteiger partial charge in [0, 0.05) is 23.8 Å². The minimum absolute atomic E-state index is 0.155. The number of benzene rings is 1. The van der Waals surface area contributed by atoms with Crippen LogP contribution in [-0.4, -0.2) is 6.04 Å². The Hall–Kier alpha value is -2.02. The molecule has 0 radical (unpaired) electrons. The van der Waals surface area contributed by atoms with Crippen molar-refractivity contribution in [2.24, 2.45) is 5.41 Å². The van der Waals surface area contributed by atoms with Gasteiger partial charge in [-0.2, -0.15) is 0 Å². The summed E-state index contributed by atoms with van der Waals surface area (Å²) in [5, 5.41) is 0. The van der Waals surface area contributed by atoms with Crippen LogP contribution in [0.2, 0.25) is 0 Å². The van der Waals surface area contributed by atoms with E-state index in [1.165, 1.54) is 28.1 Å². The summed E-state index contributed by atoms with van der Waals surface area (Å²) < 4.78 is 0. The van der Waals surface area contributed by atoms with Gasteiger partial charge in [-0.15, -0.1) is 0 Å². The molecule has 0 saturated carbocycles. The smallest absolute Gasteiger partial charge is 0.0497 e. The van der Waals surface area contributed by atoms with E-state index in [9.17, 15) is 0 Å². The van der Waals surface area contributed by atoms with Crippen LogP contribution in [-0.2, 0) is 0 Å². The summed E-state index contributed by atoms with van der Waals surface area (Å²) in [6.07, 6.45) is 11.5. The minimum atomic E-state index is 0.155. The Morgan fingerprint density at radius 3 is 2.42 bits per heavy atom. The van der Waals surface area contributed by atoms with Crippen LogP contribution in [0, 0.1) is 5.41 Å². The molecule has 1 unspecified atom stereocenters. The lowest BCUT2D eigenvalue weighted by atomic mass is 9.81. The van der Waals surface area contributed by atoms with Crippen LogP contribution in [0.4, 0.5) is 5.69 Å². The van der Waals surface area contributed by atoms with E-state index in [1.54, 1.807) is 0 Å². The third-order valence-electron chi connectivity index (χ3n) is 5.00. The molecule has 0 amide bonds. The highest BCUT2D eigenvalue weighted by molar-refractivity contribution is 5.59. The molecule has 1 aliphatic carbocycles. The molecule has 3 rings (SSSR count). The zero-order chi connectivity index (χ0) is 17.3. The van der Waals surface area contributed by atoms with Crippen LogP contribution < -0.4 is 4.90 Å². The second kappa shape index (κ2) is 6.47. The summed E-state index contributed by atoms with van der Waals surface area (Å²) in [5.41, 5.74) is 7.21. The van der Waals surface area contributed by atoms with Gasteiger partial charge in [-0.05, 0) is 49.0 Å². The number of hydrogen-bond donors (Lipinski definition) is 0. The van der Waals surface area contributed by atoms with Gasteiger partial charge in [0.15, 0.2) is 0 Å². The zero-order valence-electron chi connectivity index (χ0n) is 15.6. The third kappa shape index (κ3) is 3.26. The van der Waals surface area contributed by atoms with Gasteiger partial charge < -0.3 is 4.90 Å². The molecule has 1 atom stereocenters. The summed E-state index contributed by atoms with van der Waals surface area (Å²) in [6.45, 7) is 11.5. The first-order valence-corrected chi connectivity index (χ1v) is 9.00. The molecule has 0 bridgehead atoms. The van der Waals surface area contributed by atoms with Crippen LogP contribution in [0.15, 0.2) is 77.1 Å². The molecule has 1 nitrogen and oxygen atoms in total. The maximum Gasteiger partial charge on any atom is 0.0497 e. The molecule has 2 aliphatic rings. The summed E-state index contributed by atoms with van der Waals surface area (Å²) >= 11 is 0. The number of nitrogens with zero attached hydrogens (tertiary/aromatic N) is 1. The number of rotatable bonds is 1. The highest BCUT2D eigenvalue weighted by atomic mass is 15.2. The highest BCUT2D eigenvalue weighted by Crippen LogP contribution is 2.38. The lowest BCUT2D eigenvalue weighted by Gasteiger charge is -2.33. The molecule has 24 heavy (non-hydrogen) atoms. The first-order valence-electron chi connectivity index (χ1n) is 9.00. The fourth-order valence-corrected chi connectivity index (χ4v) is 3.87. The molecule has 1 aromatic rings. The van der Waals surface area contributed by atoms with Gasteiger partial charge in [0.25, 0.3) is 0 Å². The Bertz CT molecular complexity index is 723. The van der Waals surface area contributed by atoms with Gasteiger partial charge in [0.05, 0.1) is 0 Å². The SMILES string of the molecule is CC1=C/CC2=C(CC=C2)N(c2ccccc2)C(C)/C=C\1C(C)(C)C. The molecule has 0 aromatic heterocycles. The Morgan fingerprint density at radius 2 is 1.75 bits per heavy atom. The highest BCUT2D eigenvalue weighted by Gasteiger charge is 2.26. The maximum absolute atomic E-state index is 2.52. The van der Waals surface area contributed by atoms with Crippen LogP contribution in [0.1, 0.15) is 47.5 Å². The predicted octanol–water partition coefficient (Wildman–Crippen LogP) is 6.42. The second-order valence-electron chi connectivity index (χ2n) is 7.95. The van der Waals surface area contributed by atoms with Crippen molar-refractivity contribution in [3.63, 3.8) is 0 Å². The van der Waals surface area contributed by atoms with Crippen LogP contribution in [0.25, 0.3) is 0 Å². The fourth-order valence-electron chi connectivity index (χ4n) is 3.87. The molecule has 1 aliphatic heterocycles. The molecule has 1 heteroatoms. The number of allylic oxidation sites excluding steroid dienone is 6. The lowest BCUT2D eigenvalue weighted by molar-refractivity contribution is 0.506. The van der Waals surface area contributed by atoms with Gasteiger partial charge in [0.2, 0.25) is 0 Å². The Labute approximate surface area is 147 Å². The van der Waals surface area contributed by atoms with E-state index in [2.05, 4.69) is 94.2 Å². The van der Waals surface area contributed by atoms with Gasteiger partial charge in [-0.1, -0.05) is 68.8 Å². The van der Waals surface area contributed by atoms with Gasteiger partial charge in [-0.25, -0.2) is 0 Å². The molecule has 1 heterocycles. The third-order valence-corrected chi connectivity index (χ3v) is 5.00. The van der Waals surface area contributed by atoms with Gasteiger partial charge in [0.1, 0.15) is 0 Å². The first-order chi connectivity index (χ1) is 11.4. The number of para-hydroxylation sites is 1. The average Bonchev–Trinajstić information content (AvgIpc) is 2.99. The van der Waals surface area contributed by atoms with Gasteiger partial charge in [-0.3, -0.25) is 0 Å². The predicted molar refractivity (Wildman–Crippen MR) is 105 cm³/mol. The van der Waals surface area contributed by atoms with Crippen LogP contribution in [0.3, 0.4) is 0 Å². The molecule has 126 valence electrons. The molecule has 0 saturated heterocycles. The van der Waals surface area contributed by atoms with Crippen LogP contribution in [0.5, 0.6) is 0 Å². The van der Waals surface area contributed by atoms with Crippen LogP contribution >= 0.6 is 0 Å². The van der Waals surface area contributed by atoms with Crippen molar-refractivity contribution < 1.29 is 0 Å². The van der Waals surface area contributed by atoms with E-state index in [4.69, 9.17) is 0 Å². The zero-order valence-corrected chi connectivity index (χ0v) is 15.6. The maximum atomic E-state index is 2.52. The summed E-state index contributed by atoms with van der Waals surface area (Å²) in [4.78, 5) is 2.52. The quantitative estimate of drug-likeness (QED) is 0.577. The number of hydrogen-bond acceptors (Lipinski definition) is 1. The first kappa shape index (κ1) is 16.8. The van der Waals surface area contributed by atoms with Crippen molar-refractivity contribution in [3.05, 3.63) is 77.1 Å². The normalized spacial score (nSPS) is 26.0. The molecule has 0 spiro atoms. The molecule has 0 fully saturated rings. The minimum Gasteiger partial charge on any atom is -0.338 e. The fraction of sp³-hybridized carbons (Fsp3) is 0.391. The Kier molecular flexibility index (Phi) is 4.54. The van der Waals surface area contributed by atoms with E-state index in [0.29, 0.717) is 6.04 Å². The monoisotopic (exact) mass is 319 g/mol. The van der Waals surface area contributed by atoms with E-state index in [-0.39, 0.29) is 5.41 Å². The Balaban J connectivity index is 2.14. The molecule has 0 N–H and O–H groups in total. The Morgan fingerprint density at radius 1 is 1.04 bits per heavy atom. The van der Waals surface area contributed by atoms with Crippen molar-refractivity contribution in [2.75, 3.05) is 4.90 Å². The molecular formula is C23H29N. The number of anilines is 1. The van der Waals surface area contributed by atoms with E-state index in [0.717, 1.165) is 12.8 Å². The van der Waals surface area contributed by atoms with Crippen molar-refractivity contribution in [3.8, 4) is 0 Å². The van der Waals surface area contributed by atoms with E-state index < -0.39 is 0 Å². The van der Waals surface area contributed by atoms with Crippen molar-refractivity contribution in [1.29, 1.82) is 0 Å². The summed E-state index contributed by atoms with van der Waals surface area (Å²) in [6, 6.07) is 11.1.